The normalized spacial score (nSPS) is 14.6. The van der Waals surface area contributed by atoms with Crippen LogP contribution >= 0.6 is 11.8 Å². The zero-order valence-corrected chi connectivity index (χ0v) is 15.5. The van der Waals surface area contributed by atoms with Crippen molar-refractivity contribution in [2.24, 2.45) is 0 Å². The average Bonchev–Trinajstić information content (AvgIpc) is 3.31. The van der Waals surface area contributed by atoms with Crippen LogP contribution in [0, 0.1) is 0 Å². The molecule has 0 aromatic carbocycles. The molecule has 10 heteroatoms. The standard InChI is InChI=1S/C17H19F3N4O2S/c1-2-21-15(25)12-6-5-11(26-12)10-27-16-22-13(17(18,19)20)9-14(23-16)24-7-3-4-8-24/h5-6,9H,2-4,7-8,10H2,1H3,(H,21,25). The Kier molecular flexibility index (Phi) is 5.93. The highest BCUT2D eigenvalue weighted by Crippen LogP contribution is 2.33. The second-order valence-electron chi connectivity index (χ2n) is 6.00. The SMILES string of the molecule is CCNC(=O)c1ccc(CSc2nc(N3CCCC3)cc(C(F)(F)F)n2)o1. The van der Waals surface area contributed by atoms with Crippen molar-refractivity contribution in [3.63, 3.8) is 0 Å². The molecular weight excluding hydrogens is 381 g/mol. The molecule has 1 aliphatic heterocycles. The Balaban J connectivity index is 1.75. The molecule has 6 nitrogen and oxygen atoms in total. The van der Waals surface area contributed by atoms with Gasteiger partial charge in [0.25, 0.3) is 5.91 Å². The first-order valence-electron chi connectivity index (χ1n) is 8.57. The van der Waals surface area contributed by atoms with Crippen LogP contribution in [0.4, 0.5) is 19.0 Å². The van der Waals surface area contributed by atoms with Gasteiger partial charge in [0.1, 0.15) is 11.6 Å². The van der Waals surface area contributed by atoms with Crippen LogP contribution in [0.5, 0.6) is 0 Å². The Labute approximate surface area is 158 Å². The van der Waals surface area contributed by atoms with Crippen molar-refractivity contribution in [2.75, 3.05) is 24.5 Å². The number of alkyl halides is 3. The van der Waals surface area contributed by atoms with Gasteiger partial charge >= 0.3 is 6.18 Å². The number of amides is 1. The van der Waals surface area contributed by atoms with E-state index in [4.69, 9.17) is 4.42 Å². The highest BCUT2D eigenvalue weighted by Gasteiger charge is 2.34. The Morgan fingerprint density at radius 3 is 2.70 bits per heavy atom. The number of carbonyl (C=O) groups excluding carboxylic acids is 1. The fourth-order valence-electron chi connectivity index (χ4n) is 2.69. The molecule has 2 aromatic heterocycles. The summed E-state index contributed by atoms with van der Waals surface area (Å²) in [5.41, 5.74) is -0.954. The first-order chi connectivity index (χ1) is 12.9. The van der Waals surface area contributed by atoms with Gasteiger partial charge in [-0.05, 0) is 31.9 Å². The maximum Gasteiger partial charge on any atom is 0.433 e. The van der Waals surface area contributed by atoms with Crippen molar-refractivity contribution in [3.05, 3.63) is 35.4 Å². The lowest BCUT2D eigenvalue weighted by molar-refractivity contribution is -0.141. The topological polar surface area (TPSA) is 71.3 Å². The number of nitrogens with zero attached hydrogens (tertiary/aromatic N) is 3. The number of halogens is 3. The predicted octanol–water partition coefficient (Wildman–Crippen LogP) is 3.73. The van der Waals surface area contributed by atoms with Gasteiger partial charge in [0.05, 0.1) is 5.75 Å². The van der Waals surface area contributed by atoms with E-state index in [1.165, 1.54) is 6.07 Å². The Bertz CT molecular complexity index is 804. The number of hydrogen-bond acceptors (Lipinski definition) is 6. The summed E-state index contributed by atoms with van der Waals surface area (Å²) < 4.78 is 45.0. The van der Waals surface area contributed by atoms with Gasteiger partial charge in [0.15, 0.2) is 16.6 Å². The molecule has 3 rings (SSSR count). The van der Waals surface area contributed by atoms with Crippen molar-refractivity contribution >= 4 is 23.5 Å². The quantitative estimate of drug-likeness (QED) is 0.589. The Morgan fingerprint density at radius 2 is 2.04 bits per heavy atom. The minimum Gasteiger partial charge on any atom is -0.455 e. The van der Waals surface area contributed by atoms with Crippen molar-refractivity contribution in [1.29, 1.82) is 0 Å². The lowest BCUT2D eigenvalue weighted by atomic mass is 10.3. The van der Waals surface area contributed by atoms with E-state index >= 15 is 0 Å². The van der Waals surface area contributed by atoms with Crippen LogP contribution in [-0.4, -0.2) is 35.5 Å². The zero-order chi connectivity index (χ0) is 19.4. The highest BCUT2D eigenvalue weighted by molar-refractivity contribution is 7.98. The van der Waals surface area contributed by atoms with E-state index in [1.807, 2.05) is 4.90 Å². The molecule has 0 radical (unpaired) electrons. The first-order valence-corrected chi connectivity index (χ1v) is 9.56. The third kappa shape index (κ3) is 4.94. The third-order valence-corrected chi connectivity index (χ3v) is 4.85. The van der Waals surface area contributed by atoms with Crippen molar-refractivity contribution in [1.82, 2.24) is 15.3 Å². The first kappa shape index (κ1) is 19.5. The fourth-order valence-corrected chi connectivity index (χ4v) is 3.44. The average molecular weight is 400 g/mol. The van der Waals surface area contributed by atoms with Gasteiger partial charge in [0, 0.05) is 25.7 Å². The molecule has 0 unspecified atom stereocenters. The van der Waals surface area contributed by atoms with Crippen molar-refractivity contribution < 1.29 is 22.4 Å². The monoisotopic (exact) mass is 400 g/mol. The summed E-state index contributed by atoms with van der Waals surface area (Å²) in [4.78, 5) is 21.5. The number of aromatic nitrogens is 2. The van der Waals surface area contributed by atoms with E-state index in [1.54, 1.807) is 13.0 Å². The molecule has 2 aromatic rings. The van der Waals surface area contributed by atoms with Crippen molar-refractivity contribution in [3.8, 4) is 0 Å². The number of rotatable bonds is 6. The van der Waals surface area contributed by atoms with Crippen molar-refractivity contribution in [2.45, 2.75) is 36.9 Å². The summed E-state index contributed by atoms with van der Waals surface area (Å²) in [6.45, 7) is 3.64. The second-order valence-corrected chi connectivity index (χ2v) is 6.94. The van der Waals surface area contributed by atoms with Gasteiger partial charge < -0.3 is 14.6 Å². The molecule has 0 saturated carbocycles. The lowest BCUT2D eigenvalue weighted by Crippen LogP contribution is -2.21. The molecule has 1 amide bonds. The third-order valence-electron chi connectivity index (χ3n) is 3.98. The summed E-state index contributed by atoms with van der Waals surface area (Å²) in [6.07, 6.45) is -2.67. The van der Waals surface area contributed by atoms with E-state index < -0.39 is 11.9 Å². The summed E-state index contributed by atoms with van der Waals surface area (Å²) in [5.74, 6) is 0.806. The number of hydrogen-bond donors (Lipinski definition) is 1. The van der Waals surface area contributed by atoms with Crippen LogP contribution in [-0.2, 0) is 11.9 Å². The number of anilines is 1. The highest BCUT2D eigenvalue weighted by atomic mass is 32.2. The molecule has 27 heavy (non-hydrogen) atoms. The molecular formula is C17H19F3N4O2S. The maximum atomic E-state index is 13.2. The molecule has 1 fully saturated rings. The van der Waals surface area contributed by atoms with E-state index in [-0.39, 0.29) is 22.6 Å². The van der Waals surface area contributed by atoms with Crippen LogP contribution < -0.4 is 10.2 Å². The minimum atomic E-state index is -4.54. The molecule has 146 valence electrons. The summed E-state index contributed by atoms with van der Waals surface area (Å²) in [6, 6.07) is 4.14. The molecule has 1 aliphatic rings. The van der Waals surface area contributed by atoms with Gasteiger partial charge in [-0.25, -0.2) is 9.97 Å². The molecule has 0 aliphatic carbocycles. The molecule has 0 atom stereocenters. The maximum absolute atomic E-state index is 13.2. The predicted molar refractivity (Wildman–Crippen MR) is 94.8 cm³/mol. The summed E-state index contributed by atoms with van der Waals surface area (Å²) >= 11 is 1.04. The number of nitrogens with one attached hydrogen (secondary N) is 1. The van der Waals surface area contributed by atoms with Gasteiger partial charge in [-0.3, -0.25) is 4.79 Å². The van der Waals surface area contributed by atoms with Crippen LogP contribution in [0.3, 0.4) is 0 Å². The summed E-state index contributed by atoms with van der Waals surface area (Å²) in [7, 11) is 0. The smallest absolute Gasteiger partial charge is 0.433 e. The van der Waals surface area contributed by atoms with Crippen LogP contribution in [0.2, 0.25) is 0 Å². The fraction of sp³-hybridized carbons (Fsp3) is 0.471. The largest absolute Gasteiger partial charge is 0.455 e. The molecule has 1 N–H and O–H groups in total. The van der Waals surface area contributed by atoms with Gasteiger partial charge in [-0.2, -0.15) is 13.2 Å². The molecule has 1 saturated heterocycles. The Morgan fingerprint density at radius 1 is 1.30 bits per heavy atom. The number of furan rings is 1. The van der Waals surface area contributed by atoms with E-state index in [2.05, 4.69) is 15.3 Å². The number of carbonyl (C=O) groups is 1. The Hall–Kier alpha value is -2.23. The van der Waals surface area contributed by atoms with E-state index in [0.717, 1.165) is 30.7 Å². The molecule has 3 heterocycles. The molecule has 0 spiro atoms. The van der Waals surface area contributed by atoms with E-state index in [0.29, 0.717) is 31.2 Å². The second kappa shape index (κ2) is 8.20. The number of thioether (sulfide) groups is 1. The van der Waals surface area contributed by atoms with Crippen LogP contribution in [0.15, 0.2) is 27.8 Å². The lowest BCUT2D eigenvalue weighted by Gasteiger charge is -2.18. The van der Waals surface area contributed by atoms with Crippen LogP contribution in [0.1, 0.15) is 41.8 Å². The van der Waals surface area contributed by atoms with Crippen LogP contribution in [0.25, 0.3) is 0 Å². The minimum absolute atomic E-state index is 0.0303. The van der Waals surface area contributed by atoms with Gasteiger partial charge in [0.2, 0.25) is 0 Å². The van der Waals surface area contributed by atoms with Gasteiger partial charge in [-0.15, -0.1) is 0 Å². The zero-order valence-electron chi connectivity index (χ0n) is 14.7. The van der Waals surface area contributed by atoms with E-state index in [9.17, 15) is 18.0 Å². The summed E-state index contributed by atoms with van der Waals surface area (Å²) in [5, 5.41) is 2.65. The molecule has 0 bridgehead atoms. The van der Waals surface area contributed by atoms with Gasteiger partial charge in [-0.1, -0.05) is 11.8 Å².